The Hall–Kier alpha value is 0.1000. The van der Waals surface area contributed by atoms with Crippen LogP contribution in [0.5, 0.6) is 0 Å². The molecule has 2 N–H and O–H groups in total. The van der Waals surface area contributed by atoms with Gasteiger partial charge in [0.25, 0.3) is 0 Å². The molecule has 0 aromatic heterocycles. The van der Waals surface area contributed by atoms with Gasteiger partial charge in [0, 0.05) is 15.0 Å². The summed E-state index contributed by atoms with van der Waals surface area (Å²) in [6.07, 6.45) is 5.64. The lowest BCUT2D eigenvalue weighted by molar-refractivity contribution is 0.114. The van der Waals surface area contributed by atoms with E-state index in [0.717, 1.165) is 14.5 Å². The summed E-state index contributed by atoms with van der Waals surface area (Å²) in [7, 11) is 0. The van der Waals surface area contributed by atoms with Crippen LogP contribution in [0.1, 0.15) is 43.9 Å². The molecule has 1 aliphatic carbocycles. The van der Waals surface area contributed by atoms with Gasteiger partial charge in [-0.1, -0.05) is 51.1 Å². The van der Waals surface area contributed by atoms with Crippen LogP contribution >= 0.6 is 31.9 Å². The molecule has 2 nitrogen and oxygen atoms in total. The summed E-state index contributed by atoms with van der Waals surface area (Å²) in [6.45, 7) is 0. The highest BCUT2D eigenvalue weighted by Crippen LogP contribution is 2.25. The van der Waals surface area contributed by atoms with Crippen molar-refractivity contribution < 1.29 is 5.11 Å². The third-order valence-corrected chi connectivity index (χ3v) is 4.12. The molecule has 4 heteroatoms. The van der Waals surface area contributed by atoms with Crippen molar-refractivity contribution in [2.45, 2.75) is 44.4 Å². The fourth-order valence-corrected chi connectivity index (χ4v) is 3.65. The highest BCUT2D eigenvalue weighted by molar-refractivity contribution is 9.11. The van der Waals surface area contributed by atoms with Crippen molar-refractivity contribution in [3.63, 3.8) is 0 Å². The van der Waals surface area contributed by atoms with Crippen molar-refractivity contribution in [1.82, 2.24) is 5.32 Å². The van der Waals surface area contributed by atoms with E-state index in [1.807, 2.05) is 18.2 Å². The van der Waals surface area contributed by atoms with Crippen LogP contribution in [0.2, 0.25) is 0 Å². The maximum atomic E-state index is 10.2. The minimum absolute atomic E-state index is 0.455. The average molecular weight is 363 g/mol. The molecule has 1 aliphatic rings. The molecule has 0 spiro atoms. The monoisotopic (exact) mass is 361 g/mol. The van der Waals surface area contributed by atoms with E-state index in [9.17, 15) is 5.11 Å². The Labute approximate surface area is 119 Å². The Bertz CT molecular complexity index is 357. The molecule has 1 saturated carbocycles. The Balaban J connectivity index is 2.00. The summed E-state index contributed by atoms with van der Waals surface area (Å²) in [5.74, 6) is 0. The maximum absolute atomic E-state index is 10.2. The van der Waals surface area contributed by atoms with Crippen LogP contribution in [-0.2, 0) is 0 Å². The molecule has 1 fully saturated rings. The van der Waals surface area contributed by atoms with Gasteiger partial charge < -0.3 is 5.11 Å². The zero-order valence-electron chi connectivity index (χ0n) is 9.63. The van der Waals surface area contributed by atoms with Crippen LogP contribution < -0.4 is 5.32 Å². The van der Waals surface area contributed by atoms with Gasteiger partial charge in [-0.25, -0.2) is 0 Å². The average Bonchev–Trinajstić information content (AvgIpc) is 2.29. The Kier molecular flexibility index (Phi) is 5.03. The number of aliphatic hydroxyl groups is 1. The summed E-state index contributed by atoms with van der Waals surface area (Å²) in [5, 5.41) is 13.5. The van der Waals surface area contributed by atoms with Crippen molar-refractivity contribution >= 4 is 31.9 Å². The van der Waals surface area contributed by atoms with Crippen LogP contribution in [0.15, 0.2) is 27.1 Å². The molecule has 0 aliphatic heterocycles. The van der Waals surface area contributed by atoms with Gasteiger partial charge in [-0.3, -0.25) is 5.32 Å². The Morgan fingerprint density at radius 2 is 1.65 bits per heavy atom. The first-order valence-electron chi connectivity index (χ1n) is 6.05. The van der Waals surface area contributed by atoms with E-state index in [4.69, 9.17) is 0 Å². The smallest absolute Gasteiger partial charge is 0.131 e. The molecule has 94 valence electrons. The standard InChI is InChI=1S/C13H17Br2NO/c14-10-6-9(7-11(15)8-10)13(17)16-12-4-2-1-3-5-12/h6-8,12-13,16-17H,1-5H2. The van der Waals surface area contributed by atoms with Gasteiger partial charge in [0.2, 0.25) is 0 Å². The summed E-state index contributed by atoms with van der Waals surface area (Å²) in [6, 6.07) is 6.32. The van der Waals surface area contributed by atoms with E-state index in [1.54, 1.807) is 0 Å². The maximum Gasteiger partial charge on any atom is 0.131 e. The van der Waals surface area contributed by atoms with Crippen LogP contribution in [0.3, 0.4) is 0 Å². The minimum atomic E-state index is -0.577. The summed E-state index contributed by atoms with van der Waals surface area (Å²) in [4.78, 5) is 0. The van der Waals surface area contributed by atoms with Gasteiger partial charge in [-0.05, 0) is 36.6 Å². The van der Waals surface area contributed by atoms with Crippen LogP contribution in [-0.4, -0.2) is 11.1 Å². The zero-order valence-corrected chi connectivity index (χ0v) is 12.8. The first kappa shape index (κ1) is 13.5. The van der Waals surface area contributed by atoms with Crippen LogP contribution in [0.4, 0.5) is 0 Å². The van der Waals surface area contributed by atoms with E-state index in [2.05, 4.69) is 37.2 Å². The number of hydrogen-bond acceptors (Lipinski definition) is 2. The van der Waals surface area contributed by atoms with Crippen molar-refractivity contribution in [2.24, 2.45) is 0 Å². The van der Waals surface area contributed by atoms with E-state index in [1.165, 1.54) is 32.1 Å². The summed E-state index contributed by atoms with van der Waals surface area (Å²) >= 11 is 6.88. The molecule has 0 radical (unpaired) electrons. The number of halogens is 2. The molecule has 0 heterocycles. The number of aliphatic hydroxyl groups excluding tert-OH is 1. The molecule has 1 aromatic carbocycles. The summed E-state index contributed by atoms with van der Waals surface area (Å²) in [5.41, 5.74) is 0.900. The third-order valence-electron chi connectivity index (χ3n) is 3.20. The van der Waals surface area contributed by atoms with Gasteiger partial charge >= 0.3 is 0 Å². The van der Waals surface area contributed by atoms with Crippen molar-refractivity contribution in [1.29, 1.82) is 0 Å². The van der Waals surface area contributed by atoms with Gasteiger partial charge in [-0.15, -0.1) is 0 Å². The van der Waals surface area contributed by atoms with Crippen LogP contribution in [0, 0.1) is 0 Å². The second-order valence-corrected chi connectivity index (χ2v) is 6.44. The molecule has 0 bridgehead atoms. The lowest BCUT2D eigenvalue weighted by atomic mass is 9.95. The first-order chi connectivity index (χ1) is 8.15. The van der Waals surface area contributed by atoms with E-state index >= 15 is 0 Å². The van der Waals surface area contributed by atoms with Gasteiger partial charge in [0.1, 0.15) is 6.23 Å². The predicted octanol–water partition coefficient (Wildman–Crippen LogP) is 4.12. The Morgan fingerprint density at radius 1 is 1.06 bits per heavy atom. The SMILES string of the molecule is OC(NC1CCCCC1)c1cc(Br)cc(Br)c1. The highest BCUT2D eigenvalue weighted by Gasteiger charge is 2.17. The number of hydrogen-bond donors (Lipinski definition) is 2. The lowest BCUT2D eigenvalue weighted by Gasteiger charge is -2.26. The number of nitrogens with one attached hydrogen (secondary N) is 1. The molecule has 17 heavy (non-hydrogen) atoms. The van der Waals surface area contributed by atoms with E-state index in [0.29, 0.717) is 6.04 Å². The molecule has 1 aromatic rings. The predicted molar refractivity (Wildman–Crippen MR) is 76.8 cm³/mol. The second kappa shape index (κ2) is 6.32. The van der Waals surface area contributed by atoms with Crippen LogP contribution in [0.25, 0.3) is 0 Å². The van der Waals surface area contributed by atoms with Crippen molar-refractivity contribution in [3.05, 3.63) is 32.7 Å². The number of rotatable bonds is 3. The fraction of sp³-hybridized carbons (Fsp3) is 0.538. The van der Waals surface area contributed by atoms with Crippen molar-refractivity contribution in [2.75, 3.05) is 0 Å². The molecule has 1 unspecified atom stereocenters. The molecule has 1 atom stereocenters. The lowest BCUT2D eigenvalue weighted by Crippen LogP contribution is -2.34. The molecular weight excluding hydrogens is 346 g/mol. The normalized spacial score (nSPS) is 19.2. The van der Waals surface area contributed by atoms with Gasteiger partial charge in [0.15, 0.2) is 0 Å². The minimum Gasteiger partial charge on any atom is -0.374 e. The first-order valence-corrected chi connectivity index (χ1v) is 7.64. The van der Waals surface area contributed by atoms with Gasteiger partial charge in [0.05, 0.1) is 0 Å². The van der Waals surface area contributed by atoms with E-state index in [-0.39, 0.29) is 0 Å². The molecule has 0 saturated heterocycles. The molecule has 0 amide bonds. The largest absolute Gasteiger partial charge is 0.374 e. The van der Waals surface area contributed by atoms with E-state index < -0.39 is 6.23 Å². The zero-order chi connectivity index (χ0) is 12.3. The highest BCUT2D eigenvalue weighted by atomic mass is 79.9. The third kappa shape index (κ3) is 4.05. The Morgan fingerprint density at radius 3 is 2.24 bits per heavy atom. The quantitative estimate of drug-likeness (QED) is 0.792. The van der Waals surface area contributed by atoms with Crippen molar-refractivity contribution in [3.8, 4) is 0 Å². The summed E-state index contributed by atoms with van der Waals surface area (Å²) < 4.78 is 1.96. The molecular formula is C13H17Br2NO. The van der Waals surface area contributed by atoms with Gasteiger partial charge in [-0.2, -0.15) is 0 Å². The molecule has 2 rings (SSSR count). The number of benzene rings is 1. The fourth-order valence-electron chi connectivity index (χ4n) is 2.32. The topological polar surface area (TPSA) is 32.3 Å². The second-order valence-electron chi connectivity index (χ2n) is 4.61.